The van der Waals surface area contributed by atoms with Gasteiger partial charge in [-0.25, -0.2) is 0 Å². The van der Waals surface area contributed by atoms with Gasteiger partial charge in [-0.15, -0.1) is 5.10 Å². The standard InChI is InChI=1S/C15H19ClN4OS/c1-4-12-14(22-19-18-12)15(21)17-9-13(20(2)3)10-7-5-6-8-11(10)16/h5-8,13H,4,9H2,1-3H3,(H,17,21)/t13-/m1/s1. The number of carbonyl (C=O) groups is 1. The summed E-state index contributed by atoms with van der Waals surface area (Å²) in [6, 6.07) is 7.68. The third kappa shape index (κ3) is 3.82. The molecule has 5 nitrogen and oxygen atoms in total. The van der Waals surface area contributed by atoms with Crippen molar-refractivity contribution in [3.05, 3.63) is 45.4 Å². The van der Waals surface area contributed by atoms with E-state index in [-0.39, 0.29) is 11.9 Å². The Morgan fingerprint density at radius 3 is 2.77 bits per heavy atom. The first-order valence-corrected chi connectivity index (χ1v) is 8.20. The first-order valence-electron chi connectivity index (χ1n) is 7.04. The molecule has 22 heavy (non-hydrogen) atoms. The monoisotopic (exact) mass is 338 g/mol. The molecule has 0 unspecified atom stereocenters. The van der Waals surface area contributed by atoms with Crippen LogP contribution in [-0.2, 0) is 6.42 Å². The minimum absolute atomic E-state index is 0.00334. The second kappa shape index (κ2) is 7.67. The van der Waals surface area contributed by atoms with Crippen molar-refractivity contribution in [2.45, 2.75) is 19.4 Å². The van der Waals surface area contributed by atoms with Crippen molar-refractivity contribution >= 4 is 29.0 Å². The second-order valence-corrected chi connectivity index (χ2v) is 6.27. The normalized spacial score (nSPS) is 12.4. The van der Waals surface area contributed by atoms with E-state index in [1.54, 1.807) is 0 Å². The highest BCUT2D eigenvalue weighted by atomic mass is 35.5. The predicted molar refractivity (Wildman–Crippen MR) is 89.5 cm³/mol. The van der Waals surface area contributed by atoms with E-state index in [9.17, 15) is 4.79 Å². The summed E-state index contributed by atoms with van der Waals surface area (Å²) >= 11 is 7.40. The summed E-state index contributed by atoms with van der Waals surface area (Å²) in [6.45, 7) is 2.43. The van der Waals surface area contributed by atoms with E-state index in [2.05, 4.69) is 14.9 Å². The molecule has 1 amide bonds. The van der Waals surface area contributed by atoms with Crippen molar-refractivity contribution < 1.29 is 4.79 Å². The lowest BCUT2D eigenvalue weighted by atomic mass is 10.1. The lowest BCUT2D eigenvalue weighted by molar-refractivity contribution is 0.0945. The number of rotatable bonds is 6. The van der Waals surface area contributed by atoms with Crippen molar-refractivity contribution in [2.24, 2.45) is 0 Å². The van der Waals surface area contributed by atoms with Crippen LogP contribution in [0.5, 0.6) is 0 Å². The summed E-state index contributed by atoms with van der Waals surface area (Å²) in [4.78, 5) is 14.9. The first-order chi connectivity index (χ1) is 10.5. The summed E-state index contributed by atoms with van der Waals surface area (Å²) < 4.78 is 3.85. The van der Waals surface area contributed by atoms with Crippen LogP contribution < -0.4 is 5.32 Å². The molecular weight excluding hydrogens is 320 g/mol. The fraction of sp³-hybridized carbons (Fsp3) is 0.400. The largest absolute Gasteiger partial charge is 0.349 e. The number of hydrogen-bond donors (Lipinski definition) is 1. The molecule has 7 heteroatoms. The average molecular weight is 339 g/mol. The molecule has 1 N–H and O–H groups in total. The van der Waals surface area contributed by atoms with E-state index in [4.69, 9.17) is 11.6 Å². The number of aryl methyl sites for hydroxylation is 1. The maximum absolute atomic E-state index is 12.3. The van der Waals surface area contributed by atoms with Crippen LogP contribution >= 0.6 is 23.1 Å². The van der Waals surface area contributed by atoms with Crippen LogP contribution in [0.2, 0.25) is 5.02 Å². The zero-order valence-electron chi connectivity index (χ0n) is 12.8. The number of carbonyl (C=O) groups excluding carboxylic acids is 1. The van der Waals surface area contributed by atoms with Crippen LogP contribution in [0.15, 0.2) is 24.3 Å². The van der Waals surface area contributed by atoms with Crippen molar-refractivity contribution in [3.63, 3.8) is 0 Å². The Morgan fingerprint density at radius 2 is 2.14 bits per heavy atom. The van der Waals surface area contributed by atoms with Gasteiger partial charge in [-0.05, 0) is 43.7 Å². The van der Waals surface area contributed by atoms with Gasteiger partial charge in [0.1, 0.15) is 4.88 Å². The van der Waals surface area contributed by atoms with Crippen LogP contribution in [-0.4, -0.2) is 41.0 Å². The Morgan fingerprint density at radius 1 is 1.41 bits per heavy atom. The number of likely N-dealkylation sites (N-methyl/N-ethyl adjacent to an activating group) is 1. The highest BCUT2D eigenvalue weighted by Gasteiger charge is 2.20. The molecule has 0 bridgehead atoms. The van der Waals surface area contributed by atoms with Gasteiger partial charge in [0.15, 0.2) is 0 Å². The van der Waals surface area contributed by atoms with Gasteiger partial charge in [0.05, 0.1) is 11.7 Å². The van der Waals surface area contributed by atoms with Gasteiger partial charge in [0, 0.05) is 11.6 Å². The highest BCUT2D eigenvalue weighted by molar-refractivity contribution is 7.08. The second-order valence-electron chi connectivity index (χ2n) is 5.11. The Bertz CT molecular complexity index is 644. The zero-order valence-corrected chi connectivity index (χ0v) is 14.4. The predicted octanol–water partition coefficient (Wildman–Crippen LogP) is 2.79. The van der Waals surface area contributed by atoms with Crippen molar-refractivity contribution in [3.8, 4) is 0 Å². The summed E-state index contributed by atoms with van der Waals surface area (Å²) in [5, 5.41) is 7.62. The van der Waals surface area contributed by atoms with Crippen LogP contribution in [0.4, 0.5) is 0 Å². The summed E-state index contributed by atoms with van der Waals surface area (Å²) in [5.74, 6) is -0.134. The molecule has 2 rings (SSSR count). The van der Waals surface area contributed by atoms with Crippen molar-refractivity contribution in [2.75, 3.05) is 20.6 Å². The molecule has 1 atom stereocenters. The molecule has 0 radical (unpaired) electrons. The summed E-state index contributed by atoms with van der Waals surface area (Å²) in [7, 11) is 3.93. The maximum Gasteiger partial charge on any atom is 0.265 e. The van der Waals surface area contributed by atoms with E-state index in [1.807, 2.05) is 50.2 Å². The van der Waals surface area contributed by atoms with Gasteiger partial charge in [0.2, 0.25) is 0 Å². The van der Waals surface area contributed by atoms with E-state index < -0.39 is 0 Å². The minimum Gasteiger partial charge on any atom is -0.349 e. The molecule has 0 aliphatic carbocycles. The molecule has 0 aliphatic heterocycles. The van der Waals surface area contributed by atoms with Crippen LogP contribution in [0, 0.1) is 0 Å². The Labute approximate surface area is 139 Å². The van der Waals surface area contributed by atoms with Crippen molar-refractivity contribution in [1.82, 2.24) is 19.8 Å². The molecule has 0 aliphatic rings. The Balaban J connectivity index is 2.10. The lowest BCUT2D eigenvalue weighted by Gasteiger charge is -2.25. The fourth-order valence-electron chi connectivity index (χ4n) is 2.20. The SMILES string of the molecule is CCc1nnsc1C(=O)NC[C@H](c1ccccc1Cl)N(C)C. The lowest BCUT2D eigenvalue weighted by Crippen LogP contribution is -2.34. The molecule has 1 heterocycles. The summed E-state index contributed by atoms with van der Waals surface area (Å²) in [5.41, 5.74) is 1.73. The molecule has 0 saturated heterocycles. The molecule has 1 aromatic carbocycles. The minimum atomic E-state index is -0.134. The summed E-state index contributed by atoms with van der Waals surface area (Å²) in [6.07, 6.45) is 0.695. The Kier molecular flexibility index (Phi) is 5.88. The van der Waals surface area contributed by atoms with Gasteiger partial charge in [-0.2, -0.15) is 0 Å². The molecule has 0 fully saturated rings. The molecular formula is C15H19ClN4OS. The maximum atomic E-state index is 12.3. The number of halogens is 1. The average Bonchev–Trinajstić information content (AvgIpc) is 2.97. The van der Waals surface area contributed by atoms with E-state index in [0.717, 1.165) is 22.8 Å². The van der Waals surface area contributed by atoms with E-state index in [1.165, 1.54) is 0 Å². The first kappa shape index (κ1) is 16.9. The Hall–Kier alpha value is -1.50. The molecule has 1 aromatic heterocycles. The van der Waals surface area contributed by atoms with Gasteiger partial charge < -0.3 is 10.2 Å². The van der Waals surface area contributed by atoms with Crippen molar-refractivity contribution in [1.29, 1.82) is 0 Å². The molecule has 0 spiro atoms. The van der Waals surface area contributed by atoms with Crippen LogP contribution in [0.1, 0.15) is 33.9 Å². The highest BCUT2D eigenvalue weighted by Crippen LogP contribution is 2.25. The van der Waals surface area contributed by atoms with Crippen LogP contribution in [0.3, 0.4) is 0 Å². The fourth-order valence-corrected chi connectivity index (χ4v) is 3.13. The van der Waals surface area contributed by atoms with Gasteiger partial charge in [-0.3, -0.25) is 4.79 Å². The number of nitrogens with one attached hydrogen (secondary N) is 1. The van der Waals surface area contributed by atoms with Gasteiger partial charge in [-0.1, -0.05) is 41.2 Å². The number of aromatic nitrogens is 2. The third-order valence-corrected chi connectivity index (χ3v) is 4.55. The van der Waals surface area contributed by atoms with Crippen LogP contribution in [0.25, 0.3) is 0 Å². The number of hydrogen-bond acceptors (Lipinski definition) is 5. The van der Waals surface area contributed by atoms with E-state index in [0.29, 0.717) is 22.9 Å². The molecule has 2 aromatic rings. The number of nitrogens with zero attached hydrogens (tertiary/aromatic N) is 3. The van der Waals surface area contributed by atoms with Gasteiger partial charge >= 0.3 is 0 Å². The molecule has 0 saturated carbocycles. The zero-order chi connectivity index (χ0) is 16.1. The quantitative estimate of drug-likeness (QED) is 0.880. The third-order valence-electron chi connectivity index (χ3n) is 3.44. The number of benzene rings is 1. The number of amides is 1. The van der Waals surface area contributed by atoms with Gasteiger partial charge in [0.25, 0.3) is 5.91 Å². The topological polar surface area (TPSA) is 58.1 Å². The smallest absolute Gasteiger partial charge is 0.265 e. The molecule has 118 valence electrons. The van der Waals surface area contributed by atoms with E-state index >= 15 is 0 Å².